The molecule has 0 bridgehead atoms. The highest BCUT2D eigenvalue weighted by Gasteiger charge is 2.14. The van der Waals surface area contributed by atoms with Gasteiger partial charge in [0.25, 0.3) is 5.91 Å². The largest absolute Gasteiger partial charge is 0.451 e. The number of nitrogens with zero attached hydrogens (tertiary/aromatic N) is 1. The monoisotopic (exact) mass is 348 g/mol. The van der Waals surface area contributed by atoms with Crippen molar-refractivity contribution in [3.05, 3.63) is 82.6 Å². The normalized spacial score (nSPS) is 10.9. The number of hydrogen-bond acceptors (Lipinski definition) is 4. The molecule has 0 fully saturated rings. The highest BCUT2D eigenvalue weighted by Crippen LogP contribution is 2.23. The molecule has 124 valence electrons. The fourth-order valence-corrected chi connectivity index (χ4v) is 3.45. The van der Waals surface area contributed by atoms with Crippen molar-refractivity contribution in [2.24, 2.45) is 0 Å². The first-order chi connectivity index (χ1) is 12.2. The second-order valence-electron chi connectivity index (χ2n) is 5.90. The molecule has 4 rings (SSSR count). The number of nitrogens with one attached hydrogen (secondary N) is 1. The minimum Gasteiger partial charge on any atom is -0.451 e. The van der Waals surface area contributed by atoms with E-state index in [0.717, 1.165) is 16.7 Å². The summed E-state index contributed by atoms with van der Waals surface area (Å²) in [6.45, 7) is 2.07. The second-order valence-corrected chi connectivity index (χ2v) is 7.01. The lowest BCUT2D eigenvalue weighted by Gasteiger charge is -1.99. The molecule has 4 nitrogen and oxygen atoms in total. The van der Waals surface area contributed by atoms with Gasteiger partial charge >= 0.3 is 0 Å². The molecular weight excluding hydrogens is 332 g/mol. The van der Waals surface area contributed by atoms with Crippen molar-refractivity contribution in [3.63, 3.8) is 0 Å². The molecule has 0 aliphatic rings. The van der Waals surface area contributed by atoms with E-state index in [0.29, 0.717) is 10.7 Å². The van der Waals surface area contributed by atoms with Gasteiger partial charge in [0.2, 0.25) is 0 Å². The molecule has 0 radical (unpaired) electrons. The van der Waals surface area contributed by atoms with Gasteiger partial charge in [-0.1, -0.05) is 48.0 Å². The average Bonchev–Trinajstić information content (AvgIpc) is 3.23. The molecule has 2 aromatic carbocycles. The third kappa shape index (κ3) is 3.46. The Kier molecular flexibility index (Phi) is 4.07. The number of anilines is 1. The number of aromatic nitrogens is 1. The molecule has 2 heterocycles. The molecule has 0 spiro atoms. The quantitative estimate of drug-likeness (QED) is 0.562. The van der Waals surface area contributed by atoms with Crippen LogP contribution >= 0.6 is 11.3 Å². The molecule has 0 atom stereocenters. The van der Waals surface area contributed by atoms with E-state index in [9.17, 15) is 4.79 Å². The van der Waals surface area contributed by atoms with Gasteiger partial charge in [-0.05, 0) is 24.6 Å². The Morgan fingerprint density at radius 2 is 1.96 bits per heavy atom. The Morgan fingerprint density at radius 3 is 2.76 bits per heavy atom. The van der Waals surface area contributed by atoms with Crippen LogP contribution in [0.25, 0.3) is 11.0 Å². The van der Waals surface area contributed by atoms with E-state index >= 15 is 0 Å². The first-order valence-electron chi connectivity index (χ1n) is 7.97. The molecule has 2 aromatic heterocycles. The zero-order valence-corrected chi connectivity index (χ0v) is 14.5. The number of thiazole rings is 1. The number of amides is 1. The fourth-order valence-electron chi connectivity index (χ4n) is 2.61. The average molecular weight is 348 g/mol. The zero-order valence-electron chi connectivity index (χ0n) is 13.7. The summed E-state index contributed by atoms with van der Waals surface area (Å²) in [5.74, 6) is 0.00363. The molecule has 25 heavy (non-hydrogen) atoms. The molecule has 5 heteroatoms. The first kappa shape index (κ1) is 15.6. The lowest BCUT2D eigenvalue weighted by Crippen LogP contribution is -2.10. The topological polar surface area (TPSA) is 55.1 Å². The number of carbonyl (C=O) groups excluding carboxylic acids is 1. The predicted octanol–water partition coefficient (Wildman–Crippen LogP) is 5.04. The second kappa shape index (κ2) is 6.53. The molecule has 1 N–H and O–H groups in total. The third-order valence-corrected chi connectivity index (χ3v) is 4.84. The number of fused-ring (bicyclic) bond motifs is 1. The van der Waals surface area contributed by atoms with Gasteiger partial charge in [-0.25, -0.2) is 4.98 Å². The maximum absolute atomic E-state index is 12.4. The minimum absolute atomic E-state index is 0.285. The van der Waals surface area contributed by atoms with Crippen LogP contribution in [0.4, 0.5) is 5.13 Å². The van der Waals surface area contributed by atoms with E-state index < -0.39 is 0 Å². The Bertz CT molecular complexity index is 998. The maximum atomic E-state index is 12.4. The SMILES string of the molecule is Cc1ccc(Cc2cnc(NC(=O)c3cc4ccccc4o3)s2)cc1. The van der Waals surface area contributed by atoms with Crippen molar-refractivity contribution in [2.45, 2.75) is 13.3 Å². The van der Waals surface area contributed by atoms with Gasteiger partial charge in [0.1, 0.15) is 5.58 Å². The van der Waals surface area contributed by atoms with Crippen molar-refractivity contribution in [2.75, 3.05) is 5.32 Å². The molecule has 0 saturated carbocycles. The van der Waals surface area contributed by atoms with Crippen molar-refractivity contribution >= 4 is 33.3 Å². The van der Waals surface area contributed by atoms with Gasteiger partial charge in [0.15, 0.2) is 10.9 Å². The summed E-state index contributed by atoms with van der Waals surface area (Å²) >= 11 is 1.48. The summed E-state index contributed by atoms with van der Waals surface area (Å²) in [6, 6.07) is 17.7. The van der Waals surface area contributed by atoms with E-state index in [1.54, 1.807) is 12.3 Å². The standard InChI is InChI=1S/C20H16N2O2S/c1-13-6-8-14(9-7-13)10-16-12-21-20(25-16)22-19(23)18-11-15-4-2-3-5-17(15)24-18/h2-9,11-12H,10H2,1H3,(H,21,22,23). The van der Waals surface area contributed by atoms with Crippen LogP contribution in [0.1, 0.15) is 26.6 Å². The molecule has 0 aliphatic heterocycles. The fraction of sp³-hybridized carbons (Fsp3) is 0.100. The van der Waals surface area contributed by atoms with E-state index in [1.807, 2.05) is 24.3 Å². The number of rotatable bonds is 4. The molecule has 4 aromatic rings. The van der Waals surface area contributed by atoms with E-state index in [2.05, 4.69) is 41.5 Å². The van der Waals surface area contributed by atoms with Crippen LogP contribution in [0, 0.1) is 6.92 Å². The van der Waals surface area contributed by atoms with Crippen LogP contribution in [-0.2, 0) is 6.42 Å². The minimum atomic E-state index is -0.285. The summed E-state index contributed by atoms with van der Waals surface area (Å²) < 4.78 is 5.58. The molecule has 0 saturated heterocycles. The number of para-hydroxylation sites is 1. The smallest absolute Gasteiger partial charge is 0.293 e. The number of benzene rings is 2. The summed E-state index contributed by atoms with van der Waals surface area (Å²) in [5.41, 5.74) is 3.17. The van der Waals surface area contributed by atoms with Gasteiger partial charge in [0.05, 0.1) is 0 Å². The first-order valence-corrected chi connectivity index (χ1v) is 8.79. The Balaban J connectivity index is 1.46. The Labute approximate surface area is 149 Å². The van der Waals surface area contributed by atoms with E-state index in [4.69, 9.17) is 4.42 Å². The molecular formula is C20H16N2O2S. The van der Waals surface area contributed by atoms with Crippen molar-refractivity contribution in [1.82, 2.24) is 4.98 Å². The van der Waals surface area contributed by atoms with Crippen LogP contribution < -0.4 is 5.32 Å². The maximum Gasteiger partial charge on any atom is 0.293 e. The van der Waals surface area contributed by atoms with Gasteiger partial charge in [-0.15, -0.1) is 11.3 Å². The summed E-state index contributed by atoms with van der Waals surface area (Å²) in [7, 11) is 0. The molecule has 0 unspecified atom stereocenters. The number of aryl methyl sites for hydroxylation is 1. The highest BCUT2D eigenvalue weighted by molar-refractivity contribution is 7.15. The van der Waals surface area contributed by atoms with Crippen LogP contribution in [0.2, 0.25) is 0 Å². The van der Waals surface area contributed by atoms with Crippen molar-refractivity contribution in [1.29, 1.82) is 0 Å². The van der Waals surface area contributed by atoms with Crippen LogP contribution in [0.15, 0.2) is 65.2 Å². The Hall–Kier alpha value is -2.92. The van der Waals surface area contributed by atoms with E-state index in [-0.39, 0.29) is 11.7 Å². The van der Waals surface area contributed by atoms with Crippen LogP contribution in [0.3, 0.4) is 0 Å². The van der Waals surface area contributed by atoms with Gasteiger partial charge < -0.3 is 4.42 Å². The number of furan rings is 1. The number of carbonyl (C=O) groups is 1. The lowest BCUT2D eigenvalue weighted by atomic mass is 10.1. The van der Waals surface area contributed by atoms with Crippen LogP contribution in [0.5, 0.6) is 0 Å². The van der Waals surface area contributed by atoms with Gasteiger partial charge in [-0.2, -0.15) is 0 Å². The molecule has 0 aliphatic carbocycles. The lowest BCUT2D eigenvalue weighted by molar-refractivity contribution is 0.0998. The summed E-state index contributed by atoms with van der Waals surface area (Å²) in [5, 5.41) is 4.29. The van der Waals surface area contributed by atoms with Crippen molar-refractivity contribution < 1.29 is 9.21 Å². The van der Waals surface area contributed by atoms with Gasteiger partial charge in [-0.3, -0.25) is 10.1 Å². The Morgan fingerprint density at radius 1 is 1.16 bits per heavy atom. The van der Waals surface area contributed by atoms with E-state index in [1.165, 1.54) is 22.5 Å². The molecule has 1 amide bonds. The summed E-state index contributed by atoms with van der Waals surface area (Å²) in [6.07, 6.45) is 2.61. The zero-order chi connectivity index (χ0) is 17.2. The number of hydrogen-bond donors (Lipinski definition) is 1. The van der Waals surface area contributed by atoms with Gasteiger partial charge in [0, 0.05) is 22.9 Å². The third-order valence-electron chi connectivity index (χ3n) is 3.92. The van der Waals surface area contributed by atoms with Crippen molar-refractivity contribution in [3.8, 4) is 0 Å². The predicted molar refractivity (Wildman–Crippen MR) is 100 cm³/mol. The van der Waals surface area contributed by atoms with Crippen LogP contribution in [-0.4, -0.2) is 10.9 Å². The highest BCUT2D eigenvalue weighted by atomic mass is 32.1. The summed E-state index contributed by atoms with van der Waals surface area (Å²) in [4.78, 5) is 17.7.